The van der Waals surface area contributed by atoms with E-state index in [2.05, 4.69) is 6.92 Å². The summed E-state index contributed by atoms with van der Waals surface area (Å²) in [6.07, 6.45) is 1.13. The molecule has 1 aliphatic rings. The minimum Gasteiger partial charge on any atom is -0.496 e. The second-order valence-electron chi connectivity index (χ2n) is 3.75. The summed E-state index contributed by atoms with van der Waals surface area (Å²) in [5.41, 5.74) is 2.34. The quantitative estimate of drug-likeness (QED) is 0.745. The third-order valence-corrected chi connectivity index (χ3v) is 2.79. The van der Waals surface area contributed by atoms with Gasteiger partial charge < -0.3 is 14.2 Å². The van der Waals surface area contributed by atoms with Crippen molar-refractivity contribution in [2.45, 2.75) is 26.1 Å². The van der Waals surface area contributed by atoms with Crippen molar-refractivity contribution in [1.29, 1.82) is 0 Å². The van der Waals surface area contributed by atoms with Gasteiger partial charge in [0.25, 0.3) is 0 Å². The van der Waals surface area contributed by atoms with E-state index in [1.807, 2.05) is 12.1 Å². The van der Waals surface area contributed by atoms with E-state index in [1.54, 1.807) is 14.2 Å². The van der Waals surface area contributed by atoms with E-state index in [0.29, 0.717) is 6.61 Å². The lowest BCUT2D eigenvalue weighted by atomic mass is 9.98. The average Bonchev–Trinajstić information content (AvgIpc) is 2.27. The van der Waals surface area contributed by atoms with Crippen LogP contribution in [0.1, 0.15) is 18.1 Å². The highest BCUT2D eigenvalue weighted by molar-refractivity contribution is 5.49. The van der Waals surface area contributed by atoms with Gasteiger partial charge in [0, 0.05) is 17.5 Å². The van der Waals surface area contributed by atoms with E-state index in [9.17, 15) is 0 Å². The molecule has 0 spiro atoms. The molecule has 0 N–H and O–H groups in total. The van der Waals surface area contributed by atoms with E-state index in [0.717, 1.165) is 23.5 Å². The van der Waals surface area contributed by atoms with Crippen molar-refractivity contribution < 1.29 is 14.2 Å². The monoisotopic (exact) mass is 208 g/mol. The molecule has 0 radical (unpaired) electrons. The molecular weight excluding hydrogens is 192 g/mol. The molecule has 1 aliphatic heterocycles. The summed E-state index contributed by atoms with van der Waals surface area (Å²) in [7, 11) is 3.38. The Hall–Kier alpha value is -1.22. The summed E-state index contributed by atoms with van der Waals surface area (Å²) in [5, 5.41) is 0. The molecule has 0 aromatic heterocycles. The summed E-state index contributed by atoms with van der Waals surface area (Å²) in [6.45, 7) is 2.68. The zero-order valence-electron chi connectivity index (χ0n) is 9.37. The second-order valence-corrected chi connectivity index (χ2v) is 3.75. The van der Waals surface area contributed by atoms with Crippen LogP contribution in [0, 0.1) is 0 Å². The average molecular weight is 208 g/mol. The molecule has 3 heteroatoms. The third kappa shape index (κ3) is 1.79. The van der Waals surface area contributed by atoms with Crippen LogP contribution in [0.4, 0.5) is 0 Å². The van der Waals surface area contributed by atoms with Crippen molar-refractivity contribution in [2.75, 3.05) is 14.2 Å². The van der Waals surface area contributed by atoms with Crippen LogP contribution in [0.3, 0.4) is 0 Å². The molecule has 0 aliphatic carbocycles. The van der Waals surface area contributed by atoms with Crippen LogP contribution in [-0.2, 0) is 17.8 Å². The first-order valence-corrected chi connectivity index (χ1v) is 5.10. The number of fused-ring (bicyclic) bond motifs is 1. The molecule has 0 fully saturated rings. The smallest absolute Gasteiger partial charge is 0.124 e. The van der Waals surface area contributed by atoms with Crippen molar-refractivity contribution in [2.24, 2.45) is 0 Å². The number of ether oxygens (including phenoxy) is 3. The van der Waals surface area contributed by atoms with Gasteiger partial charge in [-0.15, -0.1) is 0 Å². The fourth-order valence-corrected chi connectivity index (χ4v) is 1.99. The second kappa shape index (κ2) is 4.11. The molecule has 3 nitrogen and oxygen atoms in total. The molecule has 1 aromatic carbocycles. The molecule has 1 aromatic rings. The number of hydrogen-bond acceptors (Lipinski definition) is 3. The first-order chi connectivity index (χ1) is 7.26. The summed E-state index contributed by atoms with van der Waals surface area (Å²) in [6, 6.07) is 3.88. The van der Waals surface area contributed by atoms with Gasteiger partial charge in [-0.3, -0.25) is 0 Å². The largest absolute Gasteiger partial charge is 0.496 e. The number of benzene rings is 1. The van der Waals surface area contributed by atoms with Crippen molar-refractivity contribution in [1.82, 2.24) is 0 Å². The van der Waals surface area contributed by atoms with Crippen molar-refractivity contribution >= 4 is 0 Å². The summed E-state index contributed by atoms with van der Waals surface area (Å²) >= 11 is 0. The summed E-state index contributed by atoms with van der Waals surface area (Å²) in [4.78, 5) is 0. The minimum atomic E-state index is 0.249. The maximum absolute atomic E-state index is 5.61. The Balaban J connectivity index is 2.48. The zero-order valence-corrected chi connectivity index (χ0v) is 9.37. The fraction of sp³-hybridized carbons (Fsp3) is 0.500. The predicted octanol–water partition coefficient (Wildman–Crippen LogP) is 2.17. The zero-order chi connectivity index (χ0) is 10.8. The van der Waals surface area contributed by atoms with Crippen molar-refractivity contribution in [3.8, 4) is 11.5 Å². The lowest BCUT2D eigenvalue weighted by Gasteiger charge is -2.25. The predicted molar refractivity (Wildman–Crippen MR) is 57.5 cm³/mol. The Morgan fingerprint density at radius 2 is 1.73 bits per heavy atom. The molecule has 0 bridgehead atoms. The number of rotatable bonds is 2. The van der Waals surface area contributed by atoms with Gasteiger partial charge in [-0.1, -0.05) is 0 Å². The molecule has 0 saturated carbocycles. The van der Waals surface area contributed by atoms with Gasteiger partial charge in [-0.2, -0.15) is 0 Å². The lowest BCUT2D eigenvalue weighted by Crippen LogP contribution is -2.20. The van der Waals surface area contributed by atoms with E-state index < -0.39 is 0 Å². The van der Waals surface area contributed by atoms with Gasteiger partial charge in [0.15, 0.2) is 0 Å². The lowest BCUT2D eigenvalue weighted by molar-refractivity contribution is 0.0387. The topological polar surface area (TPSA) is 27.7 Å². The highest BCUT2D eigenvalue weighted by atomic mass is 16.5. The van der Waals surface area contributed by atoms with Crippen LogP contribution in [0.2, 0.25) is 0 Å². The van der Waals surface area contributed by atoms with Gasteiger partial charge in [-0.05, 0) is 19.1 Å². The Morgan fingerprint density at radius 3 is 2.33 bits per heavy atom. The van der Waals surface area contributed by atoms with E-state index in [-0.39, 0.29) is 6.10 Å². The summed E-state index contributed by atoms with van der Waals surface area (Å²) < 4.78 is 16.3. The van der Waals surface area contributed by atoms with Gasteiger partial charge in [0.1, 0.15) is 11.5 Å². The minimum absolute atomic E-state index is 0.249. The molecule has 2 rings (SSSR count). The molecule has 15 heavy (non-hydrogen) atoms. The normalized spacial score (nSPS) is 19.5. The molecular formula is C12H16O3. The van der Waals surface area contributed by atoms with Crippen LogP contribution in [0.25, 0.3) is 0 Å². The Labute approximate surface area is 90.0 Å². The number of hydrogen-bond donors (Lipinski definition) is 0. The third-order valence-electron chi connectivity index (χ3n) is 2.79. The highest BCUT2D eigenvalue weighted by Crippen LogP contribution is 2.35. The SMILES string of the molecule is COc1ccc(OC)c2c1CO[C@@H](C)C2. The van der Waals surface area contributed by atoms with Crippen LogP contribution < -0.4 is 9.47 Å². The molecule has 0 amide bonds. The summed E-state index contributed by atoms with van der Waals surface area (Å²) in [5.74, 6) is 1.82. The molecule has 0 unspecified atom stereocenters. The highest BCUT2D eigenvalue weighted by Gasteiger charge is 2.22. The molecule has 82 valence electrons. The van der Waals surface area contributed by atoms with Crippen LogP contribution in [0.15, 0.2) is 12.1 Å². The van der Waals surface area contributed by atoms with Crippen molar-refractivity contribution in [3.05, 3.63) is 23.3 Å². The van der Waals surface area contributed by atoms with Crippen LogP contribution in [-0.4, -0.2) is 20.3 Å². The molecule has 0 saturated heterocycles. The maximum Gasteiger partial charge on any atom is 0.124 e. The molecule has 1 atom stereocenters. The molecule has 1 heterocycles. The van der Waals surface area contributed by atoms with Gasteiger partial charge in [-0.25, -0.2) is 0 Å². The van der Waals surface area contributed by atoms with Gasteiger partial charge >= 0.3 is 0 Å². The van der Waals surface area contributed by atoms with Crippen LogP contribution in [0.5, 0.6) is 11.5 Å². The maximum atomic E-state index is 5.61. The van der Waals surface area contributed by atoms with Gasteiger partial charge in [0.2, 0.25) is 0 Å². The Kier molecular flexibility index (Phi) is 2.82. The first kappa shape index (κ1) is 10.3. The standard InChI is InChI=1S/C12H16O3/c1-8-6-9-10(7-15-8)12(14-3)5-4-11(9)13-2/h4-5,8H,6-7H2,1-3H3/t8-/m0/s1. The van der Waals surface area contributed by atoms with Gasteiger partial charge in [0.05, 0.1) is 26.9 Å². The van der Waals surface area contributed by atoms with E-state index in [1.165, 1.54) is 5.56 Å². The first-order valence-electron chi connectivity index (χ1n) is 5.10. The number of methoxy groups -OCH3 is 2. The Morgan fingerprint density at radius 1 is 1.13 bits per heavy atom. The van der Waals surface area contributed by atoms with Crippen molar-refractivity contribution in [3.63, 3.8) is 0 Å². The van der Waals surface area contributed by atoms with E-state index in [4.69, 9.17) is 14.2 Å². The van der Waals surface area contributed by atoms with Crippen LogP contribution >= 0.6 is 0 Å². The Bertz CT molecular complexity index is 360. The fourth-order valence-electron chi connectivity index (χ4n) is 1.99. The van der Waals surface area contributed by atoms with E-state index >= 15 is 0 Å².